The summed E-state index contributed by atoms with van der Waals surface area (Å²) in [7, 11) is 0. The van der Waals surface area contributed by atoms with E-state index >= 15 is 0 Å². The first-order chi connectivity index (χ1) is 7.70. The Balaban J connectivity index is 2.33. The minimum atomic E-state index is -1.05. The summed E-state index contributed by atoms with van der Waals surface area (Å²) in [6.45, 7) is 4.40. The number of carboxylic acids is 1. The summed E-state index contributed by atoms with van der Waals surface area (Å²) in [5.41, 5.74) is 0.588. The zero-order chi connectivity index (χ0) is 11.5. The number of nitrogens with zero attached hydrogens (tertiary/aromatic N) is 3. The van der Waals surface area contributed by atoms with Crippen molar-refractivity contribution in [1.82, 2.24) is 9.97 Å². The van der Waals surface area contributed by atoms with Crippen LogP contribution in [-0.2, 0) is 4.74 Å². The number of carbonyl (C=O) groups is 1. The van der Waals surface area contributed by atoms with E-state index in [4.69, 9.17) is 9.84 Å². The monoisotopic (exact) mass is 222 g/mol. The zero-order valence-corrected chi connectivity index (χ0v) is 8.93. The number of hydrogen-bond donors (Lipinski definition) is 1. The van der Waals surface area contributed by atoms with Crippen LogP contribution in [-0.4, -0.2) is 47.3 Å². The fraction of sp³-hybridized carbons (Fsp3) is 0.500. The molecule has 1 aliphatic heterocycles. The first-order valence-corrected chi connectivity index (χ1v) is 5.01. The smallest absolute Gasteiger partial charge is 0.354 e. The molecule has 1 aromatic rings. The van der Waals surface area contributed by atoms with Crippen molar-refractivity contribution in [2.45, 2.75) is 6.92 Å². The minimum absolute atomic E-state index is 0.0106. The van der Waals surface area contributed by atoms with Crippen LogP contribution in [0.3, 0.4) is 0 Å². The first kappa shape index (κ1) is 10.8. The van der Waals surface area contributed by atoms with Crippen LogP contribution in [0.4, 0.5) is 5.82 Å². The van der Waals surface area contributed by atoms with Gasteiger partial charge in [-0.2, -0.15) is 0 Å². The van der Waals surface area contributed by atoms with Gasteiger partial charge in [0.15, 0.2) is 5.69 Å². The van der Waals surface area contributed by atoms with Crippen molar-refractivity contribution in [3.8, 4) is 0 Å². The highest BCUT2D eigenvalue weighted by molar-refractivity contribution is 5.88. The number of rotatable bonds is 2. The van der Waals surface area contributed by atoms with Crippen molar-refractivity contribution < 1.29 is 14.6 Å². The van der Waals surface area contributed by atoms with E-state index in [1.807, 2.05) is 4.90 Å². The molecular weight excluding hydrogens is 210 g/mol. The molecule has 1 saturated heterocycles. The maximum atomic E-state index is 10.9. The minimum Gasteiger partial charge on any atom is -0.476 e. The molecule has 0 spiro atoms. The number of aromatic nitrogens is 2. The maximum absolute atomic E-state index is 10.9. The van der Waals surface area contributed by atoms with Gasteiger partial charge < -0.3 is 14.7 Å². The van der Waals surface area contributed by atoms with Gasteiger partial charge in [0.05, 0.1) is 13.2 Å². The van der Waals surface area contributed by atoms with E-state index in [0.717, 1.165) is 0 Å². The Bertz CT molecular complexity index is 402. The normalized spacial score (nSPS) is 16.2. The molecule has 2 rings (SSSR count). The maximum Gasteiger partial charge on any atom is 0.354 e. The number of aromatic carboxylic acids is 1. The highest BCUT2D eigenvalue weighted by atomic mass is 16.5. The van der Waals surface area contributed by atoms with Gasteiger partial charge in [-0.15, -0.1) is 0 Å². The first-order valence-electron chi connectivity index (χ1n) is 5.01. The van der Waals surface area contributed by atoms with Gasteiger partial charge in [-0.25, -0.2) is 14.8 Å². The average Bonchev–Trinajstić information content (AvgIpc) is 2.30. The number of carboxylic acid groups (broad SMARTS) is 1. The number of anilines is 1. The van der Waals surface area contributed by atoms with Gasteiger partial charge in [0, 0.05) is 18.7 Å². The lowest BCUT2D eigenvalue weighted by atomic mass is 10.2. The fourth-order valence-corrected chi connectivity index (χ4v) is 1.69. The van der Waals surface area contributed by atoms with Crippen LogP contribution in [0.15, 0.2) is 0 Å². The second kappa shape index (κ2) is 4.44. The van der Waals surface area contributed by atoms with Gasteiger partial charge in [-0.3, -0.25) is 0 Å². The van der Waals surface area contributed by atoms with Crippen molar-refractivity contribution in [3.05, 3.63) is 17.6 Å². The number of ether oxygens (including phenoxy) is 1. The van der Waals surface area contributed by atoms with Crippen LogP contribution in [0.2, 0.25) is 0 Å². The standard InChI is InChI=1S/C10H12N3O3/c1-7-8(10(14)15)11-6-12-9(7)13-2-4-16-5-3-13/h2-5H2,1H3,(H,14,15). The van der Waals surface area contributed by atoms with Crippen LogP contribution in [0.25, 0.3) is 0 Å². The molecular formula is C10H12N3O3. The van der Waals surface area contributed by atoms with Crippen LogP contribution in [0.1, 0.15) is 16.1 Å². The number of hydrogen-bond acceptors (Lipinski definition) is 5. The lowest BCUT2D eigenvalue weighted by Crippen LogP contribution is -2.37. The molecule has 1 radical (unpaired) electrons. The molecule has 2 heterocycles. The summed E-state index contributed by atoms with van der Waals surface area (Å²) in [5, 5.41) is 8.93. The van der Waals surface area contributed by atoms with E-state index in [-0.39, 0.29) is 5.69 Å². The molecule has 0 aromatic carbocycles. The van der Waals surface area contributed by atoms with Gasteiger partial charge in [0.2, 0.25) is 6.33 Å². The summed E-state index contributed by atoms with van der Waals surface area (Å²) in [6.07, 6.45) is 2.39. The molecule has 0 atom stereocenters. The Morgan fingerprint density at radius 3 is 2.75 bits per heavy atom. The lowest BCUT2D eigenvalue weighted by Gasteiger charge is -2.28. The van der Waals surface area contributed by atoms with Crippen LogP contribution < -0.4 is 4.90 Å². The third-order valence-electron chi connectivity index (χ3n) is 2.52. The molecule has 6 nitrogen and oxygen atoms in total. The molecule has 0 unspecified atom stereocenters. The van der Waals surface area contributed by atoms with Crippen LogP contribution >= 0.6 is 0 Å². The molecule has 1 aliphatic rings. The van der Waals surface area contributed by atoms with Gasteiger partial charge in [0.25, 0.3) is 0 Å². The molecule has 0 saturated carbocycles. The van der Waals surface area contributed by atoms with Crippen molar-refractivity contribution in [1.29, 1.82) is 0 Å². The highest BCUT2D eigenvalue weighted by Gasteiger charge is 2.19. The molecule has 1 fully saturated rings. The van der Waals surface area contributed by atoms with E-state index in [2.05, 4.69) is 16.3 Å². The molecule has 1 aromatic heterocycles. The zero-order valence-electron chi connectivity index (χ0n) is 8.93. The van der Waals surface area contributed by atoms with Gasteiger partial charge in [0.1, 0.15) is 5.82 Å². The largest absolute Gasteiger partial charge is 0.476 e. The Hall–Kier alpha value is -1.69. The molecule has 16 heavy (non-hydrogen) atoms. The van der Waals surface area contributed by atoms with E-state index < -0.39 is 5.97 Å². The fourth-order valence-electron chi connectivity index (χ4n) is 1.69. The third-order valence-corrected chi connectivity index (χ3v) is 2.52. The molecule has 85 valence electrons. The van der Waals surface area contributed by atoms with Crippen LogP contribution in [0.5, 0.6) is 0 Å². The van der Waals surface area contributed by atoms with Crippen molar-refractivity contribution in [3.63, 3.8) is 0 Å². The highest BCUT2D eigenvalue weighted by Crippen LogP contribution is 2.19. The van der Waals surface area contributed by atoms with Gasteiger partial charge in [-0.05, 0) is 6.92 Å². The lowest BCUT2D eigenvalue weighted by molar-refractivity contribution is 0.0689. The second-order valence-electron chi connectivity index (χ2n) is 3.53. The predicted molar refractivity (Wildman–Crippen MR) is 55.6 cm³/mol. The Kier molecular flexibility index (Phi) is 3.00. The van der Waals surface area contributed by atoms with Gasteiger partial charge >= 0.3 is 5.97 Å². The summed E-state index contributed by atoms with van der Waals surface area (Å²) in [4.78, 5) is 20.5. The van der Waals surface area contributed by atoms with Crippen molar-refractivity contribution in [2.75, 3.05) is 31.2 Å². The summed E-state index contributed by atoms with van der Waals surface area (Å²) in [5.74, 6) is -0.415. The van der Waals surface area contributed by atoms with Crippen molar-refractivity contribution >= 4 is 11.8 Å². The van der Waals surface area contributed by atoms with E-state index in [0.29, 0.717) is 37.7 Å². The van der Waals surface area contributed by atoms with E-state index in [1.165, 1.54) is 0 Å². The second-order valence-corrected chi connectivity index (χ2v) is 3.53. The summed E-state index contributed by atoms with van der Waals surface area (Å²) < 4.78 is 5.23. The Labute approximate surface area is 92.9 Å². The summed E-state index contributed by atoms with van der Waals surface area (Å²) >= 11 is 0. The SMILES string of the molecule is Cc1c(C(=O)O)n[c]nc1N1CCOCC1. The molecule has 1 N–H and O–H groups in total. The topological polar surface area (TPSA) is 75.5 Å². The molecule has 0 aliphatic carbocycles. The Morgan fingerprint density at radius 2 is 2.12 bits per heavy atom. The number of morpholine rings is 1. The third kappa shape index (κ3) is 1.96. The van der Waals surface area contributed by atoms with E-state index in [1.54, 1.807) is 6.92 Å². The summed E-state index contributed by atoms with van der Waals surface area (Å²) in [6, 6.07) is 0. The van der Waals surface area contributed by atoms with Crippen LogP contribution in [0, 0.1) is 13.3 Å². The Morgan fingerprint density at radius 1 is 1.44 bits per heavy atom. The van der Waals surface area contributed by atoms with E-state index in [9.17, 15) is 4.79 Å². The van der Waals surface area contributed by atoms with Crippen molar-refractivity contribution in [2.24, 2.45) is 0 Å². The quantitative estimate of drug-likeness (QED) is 0.766. The molecule has 6 heteroatoms. The van der Waals surface area contributed by atoms with Gasteiger partial charge in [-0.1, -0.05) is 0 Å². The molecule has 0 bridgehead atoms. The average molecular weight is 222 g/mol. The molecule has 0 amide bonds. The predicted octanol–water partition coefficient (Wildman–Crippen LogP) is 0.120.